The highest BCUT2D eigenvalue weighted by Gasteiger charge is 2.45. The van der Waals surface area contributed by atoms with Crippen LogP contribution in [0.1, 0.15) is 73.6 Å². The monoisotopic (exact) mass is 621 g/mol. The van der Waals surface area contributed by atoms with E-state index in [4.69, 9.17) is 18.9 Å². The molecule has 10 heteroatoms. The Kier molecular flexibility index (Phi) is 14.1. The van der Waals surface area contributed by atoms with Crippen LogP contribution in [0.4, 0.5) is 0 Å². The Hall–Kier alpha value is -2.08. The first-order valence-corrected chi connectivity index (χ1v) is 16.3. The summed E-state index contributed by atoms with van der Waals surface area (Å²) in [5.74, 6) is -0.896. The maximum atomic E-state index is 12.8. The average Bonchev–Trinajstić information content (AvgIpc) is 3.74. The van der Waals surface area contributed by atoms with Crippen molar-refractivity contribution in [3.8, 4) is 0 Å². The predicted octanol–water partition coefficient (Wildman–Crippen LogP) is 3.33. The van der Waals surface area contributed by atoms with Crippen LogP contribution < -0.4 is 0 Å². The minimum atomic E-state index is -1.45. The van der Waals surface area contributed by atoms with Crippen LogP contribution in [0.15, 0.2) is 36.0 Å². The highest BCUT2D eigenvalue weighted by Crippen LogP contribution is 2.36. The summed E-state index contributed by atoms with van der Waals surface area (Å²) in [6, 6.07) is 0. The van der Waals surface area contributed by atoms with Crippen molar-refractivity contribution >= 4 is 11.9 Å². The van der Waals surface area contributed by atoms with E-state index in [0.717, 1.165) is 12.0 Å². The van der Waals surface area contributed by atoms with Gasteiger partial charge in [0.2, 0.25) is 0 Å². The molecule has 0 spiro atoms. The lowest BCUT2D eigenvalue weighted by molar-refractivity contribution is -0.161. The molecule has 0 radical (unpaired) electrons. The van der Waals surface area contributed by atoms with Crippen molar-refractivity contribution in [2.45, 2.75) is 116 Å². The molecule has 3 aliphatic heterocycles. The van der Waals surface area contributed by atoms with Crippen molar-refractivity contribution < 1.29 is 43.9 Å². The summed E-state index contributed by atoms with van der Waals surface area (Å²) in [6.07, 6.45) is 8.43. The number of esters is 2. The Balaban J connectivity index is 1.69. The SMILES string of the molecule is CCC(O)C(C)C1OC1CC(C)/C=C/C=C(\C)C1OC(=O)CC(O)CCC(C)(O)C(OC(=O)CN2CCOCC2)/C=C/C1C. The molecule has 250 valence electrons. The number of nitrogens with zero attached hydrogens (tertiary/aromatic N) is 1. The van der Waals surface area contributed by atoms with E-state index in [1.54, 1.807) is 13.0 Å². The van der Waals surface area contributed by atoms with Gasteiger partial charge in [0.1, 0.15) is 17.8 Å². The molecule has 2 saturated heterocycles. The molecule has 3 rings (SSSR count). The molecule has 0 aliphatic carbocycles. The van der Waals surface area contributed by atoms with E-state index < -0.39 is 35.9 Å². The molecular weight excluding hydrogens is 566 g/mol. The van der Waals surface area contributed by atoms with Gasteiger partial charge in [-0.25, -0.2) is 0 Å². The zero-order valence-corrected chi connectivity index (χ0v) is 27.4. The average molecular weight is 622 g/mol. The molecule has 44 heavy (non-hydrogen) atoms. The summed E-state index contributed by atoms with van der Waals surface area (Å²) < 4.78 is 22.8. The second-order valence-electron chi connectivity index (χ2n) is 13.2. The number of aliphatic hydroxyl groups is 3. The van der Waals surface area contributed by atoms with Crippen LogP contribution in [0.3, 0.4) is 0 Å². The van der Waals surface area contributed by atoms with Gasteiger partial charge in [-0.3, -0.25) is 14.5 Å². The van der Waals surface area contributed by atoms with Crippen LogP contribution >= 0.6 is 0 Å². The van der Waals surface area contributed by atoms with Gasteiger partial charge in [-0.15, -0.1) is 0 Å². The van der Waals surface area contributed by atoms with Gasteiger partial charge in [0, 0.05) is 24.9 Å². The third-order valence-electron chi connectivity index (χ3n) is 9.06. The second kappa shape index (κ2) is 17.0. The van der Waals surface area contributed by atoms with Crippen LogP contribution in [0.2, 0.25) is 0 Å². The number of epoxide rings is 1. The number of rotatable bonds is 11. The molecule has 10 nitrogen and oxygen atoms in total. The molecule has 0 aromatic heterocycles. The first-order valence-electron chi connectivity index (χ1n) is 16.3. The van der Waals surface area contributed by atoms with Gasteiger partial charge in [-0.05, 0) is 57.1 Å². The molecule has 10 unspecified atom stereocenters. The second-order valence-corrected chi connectivity index (χ2v) is 13.2. The van der Waals surface area contributed by atoms with Crippen molar-refractivity contribution in [2.75, 3.05) is 32.8 Å². The van der Waals surface area contributed by atoms with E-state index in [2.05, 4.69) is 13.0 Å². The zero-order valence-electron chi connectivity index (χ0n) is 27.4. The quantitative estimate of drug-likeness (QED) is 0.136. The van der Waals surface area contributed by atoms with Crippen molar-refractivity contribution in [3.63, 3.8) is 0 Å². The lowest BCUT2D eigenvalue weighted by Gasteiger charge is -2.33. The normalized spacial score (nSPS) is 35.6. The number of allylic oxidation sites excluding steroid dienone is 3. The first-order chi connectivity index (χ1) is 20.8. The van der Waals surface area contributed by atoms with Crippen molar-refractivity contribution in [3.05, 3.63) is 36.0 Å². The van der Waals surface area contributed by atoms with E-state index in [0.29, 0.717) is 32.7 Å². The molecule has 2 fully saturated rings. The molecular formula is C34H55NO9. The van der Waals surface area contributed by atoms with Gasteiger partial charge in [0.25, 0.3) is 0 Å². The summed E-state index contributed by atoms with van der Waals surface area (Å²) in [5, 5.41) is 32.0. The van der Waals surface area contributed by atoms with Crippen LogP contribution in [-0.2, 0) is 28.5 Å². The Labute approximate surface area is 263 Å². The summed E-state index contributed by atoms with van der Waals surface area (Å²) in [4.78, 5) is 27.6. The highest BCUT2D eigenvalue weighted by molar-refractivity contribution is 5.72. The maximum absolute atomic E-state index is 12.8. The molecule has 3 aliphatic rings. The van der Waals surface area contributed by atoms with Crippen LogP contribution in [0.5, 0.6) is 0 Å². The summed E-state index contributed by atoms with van der Waals surface area (Å²) >= 11 is 0. The topological polar surface area (TPSA) is 138 Å². The molecule has 0 amide bonds. The maximum Gasteiger partial charge on any atom is 0.320 e. The number of morpholine rings is 1. The number of hydrogen-bond donors (Lipinski definition) is 3. The van der Waals surface area contributed by atoms with Crippen LogP contribution in [0.25, 0.3) is 0 Å². The fourth-order valence-electron chi connectivity index (χ4n) is 5.91. The smallest absolute Gasteiger partial charge is 0.320 e. The number of cyclic esters (lactones) is 1. The Bertz CT molecular complexity index is 1020. The summed E-state index contributed by atoms with van der Waals surface area (Å²) in [7, 11) is 0. The van der Waals surface area contributed by atoms with Crippen molar-refractivity contribution in [1.82, 2.24) is 4.90 Å². The lowest BCUT2D eigenvalue weighted by atomic mass is 9.88. The van der Waals surface area contributed by atoms with Gasteiger partial charge in [-0.2, -0.15) is 0 Å². The Morgan fingerprint density at radius 2 is 1.95 bits per heavy atom. The van der Waals surface area contributed by atoms with Crippen molar-refractivity contribution in [2.24, 2.45) is 17.8 Å². The summed E-state index contributed by atoms with van der Waals surface area (Å²) in [5.41, 5.74) is -0.630. The third kappa shape index (κ3) is 11.4. The van der Waals surface area contributed by atoms with Crippen LogP contribution in [0, 0.1) is 17.8 Å². The minimum absolute atomic E-state index is 0.0972. The molecule has 0 bridgehead atoms. The molecule has 0 aromatic carbocycles. The Morgan fingerprint density at radius 1 is 1.25 bits per heavy atom. The molecule has 3 N–H and O–H groups in total. The fourth-order valence-corrected chi connectivity index (χ4v) is 5.91. The van der Waals surface area contributed by atoms with Crippen LogP contribution in [-0.4, -0.2) is 107 Å². The predicted molar refractivity (Wildman–Crippen MR) is 167 cm³/mol. The number of hydrogen-bond acceptors (Lipinski definition) is 10. The summed E-state index contributed by atoms with van der Waals surface area (Å²) in [6.45, 7) is 14.0. The standard InChI is InChI=1S/C34H55NO9/c1-7-27(37)25(5)33-28(42-33)19-22(2)9-8-10-23(3)32-24(4)11-12-29(43-31(39)21-35-15-17-41-18-16-35)34(6,40)14-13-26(36)20-30(38)44-32/h8-12,22,24-29,32-33,36-37,40H,7,13-21H2,1-6H3/b9-8+,12-11+,23-10+. The third-order valence-corrected chi connectivity index (χ3v) is 9.06. The van der Waals surface area contributed by atoms with Gasteiger partial charge in [-0.1, -0.05) is 52.0 Å². The minimum Gasteiger partial charge on any atom is -0.457 e. The van der Waals surface area contributed by atoms with Gasteiger partial charge < -0.3 is 34.3 Å². The fraction of sp³-hybridized carbons (Fsp3) is 0.765. The van der Waals surface area contributed by atoms with Gasteiger partial charge >= 0.3 is 11.9 Å². The highest BCUT2D eigenvalue weighted by atomic mass is 16.6. The lowest BCUT2D eigenvalue weighted by Crippen LogP contribution is -2.45. The zero-order chi connectivity index (χ0) is 32.4. The largest absolute Gasteiger partial charge is 0.457 e. The van der Waals surface area contributed by atoms with Crippen molar-refractivity contribution in [1.29, 1.82) is 0 Å². The Morgan fingerprint density at radius 3 is 2.64 bits per heavy atom. The number of carbonyl (C=O) groups excluding carboxylic acids is 2. The number of aliphatic hydroxyl groups excluding tert-OH is 2. The van der Waals surface area contributed by atoms with E-state index >= 15 is 0 Å². The van der Waals surface area contributed by atoms with E-state index in [1.165, 1.54) is 0 Å². The molecule has 0 saturated carbocycles. The number of ether oxygens (including phenoxy) is 4. The van der Waals surface area contributed by atoms with E-state index in [1.807, 2.05) is 50.8 Å². The van der Waals surface area contributed by atoms with Gasteiger partial charge in [0.15, 0.2) is 0 Å². The molecule has 0 aromatic rings. The van der Waals surface area contributed by atoms with E-state index in [-0.39, 0.29) is 61.9 Å². The molecule has 10 atom stereocenters. The molecule has 3 heterocycles. The van der Waals surface area contributed by atoms with E-state index in [9.17, 15) is 24.9 Å². The first kappa shape index (κ1) is 36.4. The number of carbonyl (C=O) groups is 2. The van der Waals surface area contributed by atoms with Gasteiger partial charge in [0.05, 0.1) is 50.6 Å².